The van der Waals surface area contributed by atoms with Gasteiger partial charge in [0.05, 0.1) is 5.75 Å². The molecule has 0 saturated heterocycles. The summed E-state index contributed by atoms with van der Waals surface area (Å²) < 4.78 is 0. The van der Waals surface area contributed by atoms with Gasteiger partial charge in [0, 0.05) is 4.90 Å². The molecule has 0 aliphatic carbocycles. The van der Waals surface area contributed by atoms with Gasteiger partial charge in [-0.3, -0.25) is 5.41 Å². The fraction of sp³-hybridized carbons (Fsp3) is 0.222. The average Bonchev–Trinajstić information content (AvgIpc) is 2.03. The van der Waals surface area contributed by atoms with Crippen LogP contribution in [0.3, 0.4) is 0 Å². The Balaban J connectivity index is 2.53. The van der Waals surface area contributed by atoms with E-state index in [2.05, 4.69) is 19.1 Å². The Hall–Kier alpha value is -0.960. The van der Waals surface area contributed by atoms with Crippen LogP contribution in [0, 0.1) is 12.3 Å². The second-order valence-corrected chi connectivity index (χ2v) is 3.68. The van der Waals surface area contributed by atoms with Crippen LogP contribution >= 0.6 is 11.8 Å². The molecule has 0 atom stereocenters. The van der Waals surface area contributed by atoms with Crippen LogP contribution < -0.4 is 5.73 Å². The van der Waals surface area contributed by atoms with Crippen molar-refractivity contribution in [3.8, 4) is 0 Å². The van der Waals surface area contributed by atoms with Crippen molar-refractivity contribution in [3.05, 3.63) is 29.8 Å². The molecule has 0 spiro atoms. The van der Waals surface area contributed by atoms with Crippen LogP contribution in [0.2, 0.25) is 0 Å². The molecule has 1 aromatic rings. The lowest BCUT2D eigenvalue weighted by Gasteiger charge is -1.99. The van der Waals surface area contributed by atoms with Gasteiger partial charge >= 0.3 is 0 Å². The molecule has 0 amide bonds. The van der Waals surface area contributed by atoms with Crippen molar-refractivity contribution in [2.45, 2.75) is 11.8 Å². The average molecular weight is 180 g/mol. The molecule has 3 N–H and O–H groups in total. The van der Waals surface area contributed by atoms with Gasteiger partial charge in [0.15, 0.2) is 0 Å². The van der Waals surface area contributed by atoms with Gasteiger partial charge in [-0.25, -0.2) is 0 Å². The van der Waals surface area contributed by atoms with E-state index in [0.29, 0.717) is 5.75 Å². The number of aryl methyl sites for hydroxylation is 1. The van der Waals surface area contributed by atoms with E-state index in [1.807, 2.05) is 12.1 Å². The summed E-state index contributed by atoms with van der Waals surface area (Å²) in [4.78, 5) is 1.16. The smallest absolute Gasteiger partial charge is 0.101 e. The molecule has 64 valence electrons. The number of rotatable bonds is 3. The third-order valence-corrected chi connectivity index (χ3v) is 2.48. The quantitative estimate of drug-likeness (QED) is 0.425. The predicted molar refractivity (Wildman–Crippen MR) is 53.8 cm³/mol. The number of nitrogens with two attached hydrogens (primary N) is 1. The Bertz CT molecular complexity index is 266. The van der Waals surface area contributed by atoms with E-state index >= 15 is 0 Å². The molecule has 2 nitrogen and oxygen atoms in total. The van der Waals surface area contributed by atoms with E-state index in [0.717, 1.165) is 4.90 Å². The third kappa shape index (κ3) is 2.96. The van der Waals surface area contributed by atoms with Crippen LogP contribution in [0.1, 0.15) is 5.56 Å². The van der Waals surface area contributed by atoms with Crippen LogP contribution in [0.5, 0.6) is 0 Å². The largest absolute Gasteiger partial charge is 0.387 e. The summed E-state index contributed by atoms with van der Waals surface area (Å²) in [5, 5.41) is 7.04. The summed E-state index contributed by atoms with van der Waals surface area (Å²) in [6.07, 6.45) is 0. The molecular formula is C9H12N2S. The number of hydrogen-bond acceptors (Lipinski definition) is 2. The molecule has 3 heteroatoms. The summed E-state index contributed by atoms with van der Waals surface area (Å²) in [5.74, 6) is 0.795. The Morgan fingerprint density at radius 1 is 1.42 bits per heavy atom. The molecule has 0 unspecified atom stereocenters. The second kappa shape index (κ2) is 4.16. The van der Waals surface area contributed by atoms with Crippen molar-refractivity contribution < 1.29 is 0 Å². The number of benzene rings is 1. The molecule has 0 aliphatic heterocycles. The molecule has 0 saturated carbocycles. The van der Waals surface area contributed by atoms with E-state index in [9.17, 15) is 0 Å². The van der Waals surface area contributed by atoms with Gasteiger partial charge in [-0.1, -0.05) is 17.7 Å². The van der Waals surface area contributed by atoms with Gasteiger partial charge in [-0.2, -0.15) is 0 Å². The highest BCUT2D eigenvalue weighted by molar-refractivity contribution is 8.00. The van der Waals surface area contributed by atoms with E-state index in [4.69, 9.17) is 11.1 Å². The fourth-order valence-corrected chi connectivity index (χ4v) is 1.45. The summed E-state index contributed by atoms with van der Waals surface area (Å²) in [7, 11) is 0. The van der Waals surface area contributed by atoms with Crippen molar-refractivity contribution in [2.75, 3.05) is 5.75 Å². The zero-order chi connectivity index (χ0) is 8.97. The molecule has 0 fully saturated rings. The first-order chi connectivity index (χ1) is 5.68. The first-order valence-electron chi connectivity index (χ1n) is 3.71. The van der Waals surface area contributed by atoms with Crippen LogP contribution in [0.15, 0.2) is 29.2 Å². The van der Waals surface area contributed by atoms with Gasteiger partial charge < -0.3 is 5.73 Å². The van der Waals surface area contributed by atoms with Gasteiger partial charge in [0.2, 0.25) is 0 Å². The molecule has 0 aromatic heterocycles. The van der Waals surface area contributed by atoms with Gasteiger partial charge in [0.25, 0.3) is 0 Å². The maximum atomic E-state index is 7.04. The highest BCUT2D eigenvalue weighted by Gasteiger charge is 1.94. The highest BCUT2D eigenvalue weighted by Crippen LogP contribution is 2.17. The number of hydrogen-bond donors (Lipinski definition) is 2. The molecule has 0 aliphatic rings. The maximum Gasteiger partial charge on any atom is 0.101 e. The Morgan fingerprint density at radius 3 is 2.50 bits per heavy atom. The van der Waals surface area contributed by atoms with Gasteiger partial charge in [-0.05, 0) is 19.1 Å². The lowest BCUT2D eigenvalue weighted by Crippen LogP contribution is -2.11. The summed E-state index contributed by atoms with van der Waals surface area (Å²) in [6.45, 7) is 2.05. The maximum absolute atomic E-state index is 7.04. The van der Waals surface area contributed by atoms with Crippen LogP contribution in [0.4, 0.5) is 0 Å². The number of amidine groups is 1. The standard InChI is InChI=1S/C9H12N2S/c1-7-2-4-8(5-3-7)12-6-9(10)11/h2-5H,6H2,1H3,(H3,10,11). The molecule has 0 bridgehead atoms. The van der Waals surface area contributed by atoms with Gasteiger partial charge in [-0.15, -0.1) is 11.8 Å². The zero-order valence-electron chi connectivity index (χ0n) is 7.00. The summed E-state index contributed by atoms with van der Waals surface area (Å²) in [5.41, 5.74) is 6.48. The number of thioether (sulfide) groups is 1. The molecule has 0 heterocycles. The van der Waals surface area contributed by atoms with Crippen molar-refractivity contribution >= 4 is 17.6 Å². The van der Waals surface area contributed by atoms with E-state index < -0.39 is 0 Å². The molecule has 12 heavy (non-hydrogen) atoms. The van der Waals surface area contributed by atoms with Crippen molar-refractivity contribution in [2.24, 2.45) is 5.73 Å². The van der Waals surface area contributed by atoms with E-state index in [-0.39, 0.29) is 5.84 Å². The van der Waals surface area contributed by atoms with Crippen molar-refractivity contribution in [3.63, 3.8) is 0 Å². The lowest BCUT2D eigenvalue weighted by atomic mass is 10.2. The predicted octanol–water partition coefficient (Wildman–Crippen LogP) is 2.02. The Morgan fingerprint density at radius 2 is 2.00 bits per heavy atom. The highest BCUT2D eigenvalue weighted by atomic mass is 32.2. The first-order valence-corrected chi connectivity index (χ1v) is 4.69. The van der Waals surface area contributed by atoms with Crippen LogP contribution in [-0.2, 0) is 0 Å². The minimum atomic E-state index is 0.223. The van der Waals surface area contributed by atoms with Gasteiger partial charge in [0.1, 0.15) is 5.84 Å². The second-order valence-electron chi connectivity index (χ2n) is 2.63. The number of nitrogens with one attached hydrogen (secondary N) is 1. The SMILES string of the molecule is Cc1ccc(SCC(=N)N)cc1. The lowest BCUT2D eigenvalue weighted by molar-refractivity contribution is 1.37. The van der Waals surface area contributed by atoms with E-state index in [1.165, 1.54) is 5.56 Å². The minimum absolute atomic E-state index is 0.223. The summed E-state index contributed by atoms with van der Waals surface area (Å²) in [6, 6.07) is 8.21. The Kier molecular flexibility index (Phi) is 3.17. The third-order valence-electron chi connectivity index (χ3n) is 1.42. The van der Waals surface area contributed by atoms with Crippen molar-refractivity contribution in [1.82, 2.24) is 0 Å². The van der Waals surface area contributed by atoms with Crippen LogP contribution in [-0.4, -0.2) is 11.6 Å². The molecule has 1 rings (SSSR count). The normalized spacial score (nSPS) is 9.75. The minimum Gasteiger partial charge on any atom is -0.387 e. The zero-order valence-corrected chi connectivity index (χ0v) is 7.82. The molecular weight excluding hydrogens is 168 g/mol. The summed E-state index contributed by atoms with van der Waals surface area (Å²) >= 11 is 1.59. The fourth-order valence-electron chi connectivity index (χ4n) is 0.796. The molecule has 1 aromatic carbocycles. The topological polar surface area (TPSA) is 49.9 Å². The molecule has 0 radical (unpaired) electrons. The monoisotopic (exact) mass is 180 g/mol. The first kappa shape index (κ1) is 9.13. The van der Waals surface area contributed by atoms with Crippen molar-refractivity contribution in [1.29, 1.82) is 5.41 Å². The van der Waals surface area contributed by atoms with Crippen LogP contribution in [0.25, 0.3) is 0 Å². The van der Waals surface area contributed by atoms with E-state index in [1.54, 1.807) is 11.8 Å². The Labute approximate surface area is 76.7 Å².